The Morgan fingerprint density at radius 3 is 2.37 bits per heavy atom. The molecule has 38 heavy (non-hydrogen) atoms. The van der Waals surface area contributed by atoms with Crippen LogP contribution in [0.15, 0.2) is 54.6 Å². The first kappa shape index (κ1) is 27.1. The molecule has 2 heterocycles. The van der Waals surface area contributed by atoms with E-state index in [0.29, 0.717) is 16.9 Å². The van der Waals surface area contributed by atoms with Crippen LogP contribution in [0.3, 0.4) is 0 Å². The topological polar surface area (TPSA) is 123 Å². The van der Waals surface area contributed by atoms with Crippen molar-refractivity contribution in [1.29, 1.82) is 0 Å². The van der Waals surface area contributed by atoms with Crippen LogP contribution in [-0.4, -0.2) is 59.3 Å². The number of carbonyl (C=O) groups is 2. The molecule has 3 aromatic rings. The molecule has 2 aromatic carbocycles. The summed E-state index contributed by atoms with van der Waals surface area (Å²) in [6.07, 6.45) is -4.69. The van der Waals surface area contributed by atoms with E-state index in [4.69, 9.17) is 4.74 Å². The minimum atomic E-state index is -4.69. The van der Waals surface area contributed by atoms with Crippen LogP contribution < -0.4 is 10.1 Å². The normalized spacial score (nSPS) is 14.5. The molecule has 0 saturated carbocycles. The van der Waals surface area contributed by atoms with Crippen molar-refractivity contribution in [1.82, 2.24) is 25.0 Å². The molecule has 1 N–H and O–H groups in total. The molecule has 10 nitrogen and oxygen atoms in total. The van der Waals surface area contributed by atoms with Gasteiger partial charge in [-0.3, -0.25) is 9.59 Å². The molecule has 0 saturated heterocycles. The van der Waals surface area contributed by atoms with Gasteiger partial charge in [0.05, 0.1) is 19.4 Å². The quantitative estimate of drug-likeness (QED) is 0.455. The Morgan fingerprint density at radius 2 is 1.74 bits per heavy atom. The van der Waals surface area contributed by atoms with Gasteiger partial charge in [0, 0.05) is 13.1 Å². The van der Waals surface area contributed by atoms with E-state index in [1.165, 1.54) is 12.0 Å². The van der Waals surface area contributed by atoms with Crippen LogP contribution >= 0.6 is 0 Å². The van der Waals surface area contributed by atoms with E-state index in [0.717, 1.165) is 4.57 Å². The van der Waals surface area contributed by atoms with Crippen LogP contribution in [0.1, 0.15) is 28.8 Å². The number of carbonyl (C=O) groups excluding carboxylic acids is 2. The van der Waals surface area contributed by atoms with E-state index in [-0.39, 0.29) is 25.5 Å². The number of hydrogen-bond donors (Lipinski definition) is 1. The predicted molar refractivity (Wildman–Crippen MR) is 128 cm³/mol. The average molecular weight is 552 g/mol. The fourth-order valence-corrected chi connectivity index (χ4v) is 5.39. The molecule has 0 bridgehead atoms. The SMILES string of the molecule is COc1ccc(CS(=O)(=O)CC(=O)NC(C(=O)N2CCn3c(nnc3C(F)(F)F)C2)c2ccccc2)cc1. The minimum Gasteiger partial charge on any atom is -0.497 e. The average Bonchev–Trinajstić information content (AvgIpc) is 3.31. The highest BCUT2D eigenvalue weighted by Crippen LogP contribution is 2.30. The van der Waals surface area contributed by atoms with E-state index in [1.54, 1.807) is 54.6 Å². The van der Waals surface area contributed by atoms with Crippen molar-refractivity contribution >= 4 is 21.7 Å². The molecule has 1 atom stereocenters. The van der Waals surface area contributed by atoms with Crippen LogP contribution in [-0.2, 0) is 44.4 Å². The summed E-state index contributed by atoms with van der Waals surface area (Å²) in [5, 5.41) is 9.27. The van der Waals surface area contributed by atoms with Crippen LogP contribution in [0.4, 0.5) is 13.2 Å². The fourth-order valence-electron chi connectivity index (χ4n) is 4.10. The summed E-state index contributed by atoms with van der Waals surface area (Å²) in [6.45, 7) is -0.520. The predicted octanol–water partition coefficient (Wildman–Crippen LogP) is 2.12. The molecule has 4 rings (SSSR count). The first-order valence-corrected chi connectivity index (χ1v) is 13.2. The van der Waals surface area contributed by atoms with Gasteiger partial charge in [0.15, 0.2) is 15.7 Å². The molecule has 0 fully saturated rings. The fraction of sp³-hybridized carbons (Fsp3) is 0.333. The van der Waals surface area contributed by atoms with Crippen molar-refractivity contribution in [2.45, 2.75) is 31.1 Å². The van der Waals surface area contributed by atoms with Gasteiger partial charge in [-0.25, -0.2) is 8.42 Å². The van der Waals surface area contributed by atoms with Gasteiger partial charge in [0.2, 0.25) is 17.6 Å². The van der Waals surface area contributed by atoms with E-state index in [9.17, 15) is 31.2 Å². The van der Waals surface area contributed by atoms with Gasteiger partial charge in [-0.2, -0.15) is 13.2 Å². The van der Waals surface area contributed by atoms with Crippen LogP contribution in [0.2, 0.25) is 0 Å². The van der Waals surface area contributed by atoms with Gasteiger partial charge >= 0.3 is 6.18 Å². The maximum Gasteiger partial charge on any atom is 0.451 e. The van der Waals surface area contributed by atoms with Gasteiger partial charge in [0.25, 0.3) is 0 Å². The van der Waals surface area contributed by atoms with Crippen molar-refractivity contribution in [3.8, 4) is 5.75 Å². The summed E-state index contributed by atoms with van der Waals surface area (Å²) >= 11 is 0. The van der Waals surface area contributed by atoms with E-state index in [2.05, 4.69) is 15.5 Å². The largest absolute Gasteiger partial charge is 0.497 e. The van der Waals surface area contributed by atoms with E-state index >= 15 is 0 Å². The zero-order chi connectivity index (χ0) is 27.5. The Balaban J connectivity index is 1.48. The van der Waals surface area contributed by atoms with Crippen molar-refractivity contribution in [3.05, 3.63) is 77.4 Å². The van der Waals surface area contributed by atoms with Gasteiger partial charge < -0.3 is 19.5 Å². The summed E-state index contributed by atoms with van der Waals surface area (Å²) in [5.74, 6) is -3.39. The second-order valence-electron chi connectivity index (χ2n) is 8.64. The molecule has 0 radical (unpaired) electrons. The van der Waals surface area contributed by atoms with Crippen molar-refractivity contribution in [2.24, 2.45) is 0 Å². The lowest BCUT2D eigenvalue weighted by Gasteiger charge is -2.31. The number of nitrogens with zero attached hydrogens (tertiary/aromatic N) is 4. The summed E-state index contributed by atoms with van der Waals surface area (Å²) in [6, 6.07) is 13.3. The highest BCUT2D eigenvalue weighted by molar-refractivity contribution is 7.91. The molecular weight excluding hydrogens is 527 g/mol. The Kier molecular flexibility index (Phi) is 7.71. The first-order chi connectivity index (χ1) is 18.0. The maximum atomic E-state index is 13.4. The molecule has 2 amide bonds. The first-order valence-electron chi connectivity index (χ1n) is 11.4. The van der Waals surface area contributed by atoms with E-state index in [1.807, 2.05) is 0 Å². The molecule has 0 spiro atoms. The van der Waals surface area contributed by atoms with Crippen molar-refractivity contribution in [2.75, 3.05) is 19.4 Å². The maximum absolute atomic E-state index is 13.4. The van der Waals surface area contributed by atoms with Gasteiger partial charge in [-0.05, 0) is 23.3 Å². The molecule has 0 aliphatic carbocycles. The van der Waals surface area contributed by atoms with Crippen molar-refractivity contribution in [3.63, 3.8) is 0 Å². The number of halogens is 3. The number of fused-ring (bicyclic) bond motifs is 1. The zero-order valence-electron chi connectivity index (χ0n) is 20.2. The number of aromatic nitrogens is 3. The number of rotatable bonds is 8. The number of methoxy groups -OCH3 is 1. The van der Waals surface area contributed by atoms with Crippen molar-refractivity contribution < 1.29 is 35.9 Å². The van der Waals surface area contributed by atoms with Crippen LogP contribution in [0, 0.1) is 0 Å². The third-order valence-electron chi connectivity index (χ3n) is 5.90. The lowest BCUT2D eigenvalue weighted by Crippen LogP contribution is -2.47. The van der Waals surface area contributed by atoms with Gasteiger partial charge in [-0.1, -0.05) is 42.5 Å². The Hall–Kier alpha value is -3.94. The second-order valence-corrected chi connectivity index (χ2v) is 10.7. The summed E-state index contributed by atoms with van der Waals surface area (Å²) in [7, 11) is -2.41. The van der Waals surface area contributed by atoms with Gasteiger partial charge in [0.1, 0.15) is 17.5 Å². The molecule has 14 heteroatoms. The van der Waals surface area contributed by atoms with Gasteiger partial charge in [-0.15, -0.1) is 10.2 Å². The van der Waals surface area contributed by atoms with Crippen LogP contribution in [0.5, 0.6) is 5.75 Å². The molecular formula is C24H24F3N5O5S. The summed E-state index contributed by atoms with van der Waals surface area (Å²) in [4.78, 5) is 27.5. The monoisotopic (exact) mass is 551 g/mol. The summed E-state index contributed by atoms with van der Waals surface area (Å²) in [5.41, 5.74) is 0.853. The Morgan fingerprint density at radius 1 is 1.05 bits per heavy atom. The zero-order valence-corrected chi connectivity index (χ0v) is 21.0. The number of ether oxygens (including phenoxy) is 1. The molecule has 1 aromatic heterocycles. The number of amides is 2. The Bertz CT molecular complexity index is 1410. The molecule has 1 aliphatic heterocycles. The highest BCUT2D eigenvalue weighted by Gasteiger charge is 2.40. The molecule has 1 aliphatic rings. The second kappa shape index (κ2) is 10.8. The number of hydrogen-bond acceptors (Lipinski definition) is 7. The third-order valence-corrected chi connectivity index (χ3v) is 7.38. The van der Waals surface area contributed by atoms with Crippen LogP contribution in [0.25, 0.3) is 0 Å². The standard InChI is InChI=1S/C24H24F3N5O5S/c1-37-18-9-7-16(8-10-18)14-38(35,36)15-20(33)28-21(17-5-3-2-4-6-17)22(34)31-11-12-32-19(13-31)29-30-23(32)24(25,26)27/h2-10,21H,11-15H2,1H3,(H,28,33). The number of alkyl halides is 3. The van der Waals surface area contributed by atoms with E-state index < -0.39 is 51.2 Å². The molecule has 1 unspecified atom stereocenters. The highest BCUT2D eigenvalue weighted by atomic mass is 32.2. The number of sulfone groups is 1. The summed E-state index contributed by atoms with van der Waals surface area (Å²) < 4.78 is 70.8. The third kappa shape index (κ3) is 6.30. The minimum absolute atomic E-state index is 0.0443. The Labute approximate surface area is 216 Å². The lowest BCUT2D eigenvalue weighted by atomic mass is 10.1. The number of benzene rings is 2. The number of nitrogens with one attached hydrogen (secondary N) is 1. The smallest absolute Gasteiger partial charge is 0.451 e. The lowest BCUT2D eigenvalue weighted by molar-refractivity contribution is -0.148. The molecule has 202 valence electrons.